The van der Waals surface area contributed by atoms with E-state index in [2.05, 4.69) is 22.0 Å². The van der Waals surface area contributed by atoms with Crippen molar-refractivity contribution in [1.82, 2.24) is 19.7 Å². The van der Waals surface area contributed by atoms with Gasteiger partial charge in [-0.25, -0.2) is 9.67 Å². The third-order valence-corrected chi connectivity index (χ3v) is 6.47. The van der Waals surface area contributed by atoms with Gasteiger partial charge in [0, 0.05) is 29.9 Å². The molecule has 3 aromatic heterocycles. The molecule has 4 rings (SSSR count). The van der Waals surface area contributed by atoms with Crippen molar-refractivity contribution < 1.29 is 23.1 Å². The second-order valence-corrected chi connectivity index (χ2v) is 8.90. The zero-order valence-electron chi connectivity index (χ0n) is 18.4. The van der Waals surface area contributed by atoms with Crippen molar-refractivity contribution in [3.05, 3.63) is 70.9 Å². The number of pyridine rings is 2. The summed E-state index contributed by atoms with van der Waals surface area (Å²) in [6.45, 7) is 3.83. The Morgan fingerprint density at radius 2 is 1.85 bits per heavy atom. The highest BCUT2D eigenvalue weighted by Crippen LogP contribution is 2.38. The first-order valence-electron chi connectivity index (χ1n) is 10.8. The van der Waals surface area contributed by atoms with Crippen LogP contribution in [0.2, 0.25) is 0 Å². The molecule has 174 valence electrons. The van der Waals surface area contributed by atoms with Crippen molar-refractivity contribution in [1.29, 1.82) is 0 Å². The summed E-state index contributed by atoms with van der Waals surface area (Å²) >= 11 is 0. The summed E-state index contributed by atoms with van der Waals surface area (Å²) in [4.78, 5) is 21.3. The number of carbonyl (C=O) groups excluding carboxylic acids is 1. The quantitative estimate of drug-likeness (QED) is 0.565. The molecular weight excluding hydrogens is 433 g/mol. The Morgan fingerprint density at radius 1 is 1.12 bits per heavy atom. The van der Waals surface area contributed by atoms with Gasteiger partial charge in [0.2, 0.25) is 0 Å². The molecule has 1 aliphatic carbocycles. The molecule has 0 saturated heterocycles. The number of carbonyl (C=O) groups is 1. The molecule has 1 saturated carbocycles. The number of aliphatic hydroxyl groups excluding tert-OH is 1. The molecule has 3 heterocycles. The number of aliphatic hydroxyl groups is 1. The van der Waals surface area contributed by atoms with E-state index >= 15 is 0 Å². The molecular formula is C24H25F3N4O2. The molecule has 0 amide bonds. The molecule has 0 radical (unpaired) electrons. The van der Waals surface area contributed by atoms with Crippen molar-refractivity contribution in [2.75, 3.05) is 0 Å². The lowest BCUT2D eigenvalue weighted by Crippen LogP contribution is -2.31. The maximum absolute atomic E-state index is 12.9. The average Bonchev–Trinajstić information content (AvgIpc) is 3.17. The summed E-state index contributed by atoms with van der Waals surface area (Å²) in [5.41, 5.74) is 1.69. The van der Waals surface area contributed by atoms with E-state index in [9.17, 15) is 23.1 Å². The summed E-state index contributed by atoms with van der Waals surface area (Å²) in [7, 11) is 0. The van der Waals surface area contributed by atoms with Crippen molar-refractivity contribution in [2.45, 2.75) is 63.6 Å². The second-order valence-electron chi connectivity index (χ2n) is 8.90. The number of alkyl halides is 3. The maximum Gasteiger partial charge on any atom is 0.417 e. The Hall–Kier alpha value is -3.07. The summed E-state index contributed by atoms with van der Waals surface area (Å²) in [5, 5.41) is 13.9. The van der Waals surface area contributed by atoms with Crippen LogP contribution in [0, 0.1) is 6.92 Å². The lowest BCUT2D eigenvalue weighted by atomic mass is 9.72. The van der Waals surface area contributed by atoms with E-state index < -0.39 is 11.7 Å². The Labute approximate surface area is 189 Å². The molecule has 0 bridgehead atoms. The van der Waals surface area contributed by atoms with Crippen LogP contribution in [0.1, 0.15) is 65.5 Å². The fourth-order valence-corrected chi connectivity index (χ4v) is 4.26. The first-order valence-corrected chi connectivity index (χ1v) is 10.8. The van der Waals surface area contributed by atoms with Crippen LogP contribution < -0.4 is 0 Å². The van der Waals surface area contributed by atoms with Crippen LogP contribution >= 0.6 is 0 Å². The van der Waals surface area contributed by atoms with Crippen LogP contribution in [0.3, 0.4) is 0 Å². The molecule has 3 aromatic rings. The molecule has 9 heteroatoms. The fraction of sp³-hybridized carbons (Fsp3) is 0.417. The minimum absolute atomic E-state index is 0.0752. The Kier molecular flexibility index (Phi) is 6.09. The SMILES string of the molecule is Cc1c(C(=O)Cc2ccc(C3(C)CCC(O)CC3)nc2)cnn1-c1ccc(C(F)(F)F)cn1. The molecule has 1 fully saturated rings. The first-order chi connectivity index (χ1) is 15.6. The smallest absolute Gasteiger partial charge is 0.393 e. The summed E-state index contributed by atoms with van der Waals surface area (Å²) in [6.07, 6.45) is 2.56. The predicted molar refractivity (Wildman–Crippen MR) is 115 cm³/mol. The lowest BCUT2D eigenvalue weighted by Gasteiger charge is -2.35. The van der Waals surface area contributed by atoms with Crippen molar-refractivity contribution in [3.63, 3.8) is 0 Å². The van der Waals surface area contributed by atoms with Gasteiger partial charge in [-0.1, -0.05) is 13.0 Å². The Morgan fingerprint density at radius 3 is 2.42 bits per heavy atom. The average molecular weight is 458 g/mol. The number of rotatable bonds is 5. The maximum atomic E-state index is 12.9. The Bertz CT molecular complexity index is 1130. The van der Waals surface area contributed by atoms with E-state index in [0.29, 0.717) is 11.3 Å². The van der Waals surface area contributed by atoms with Crippen LogP contribution in [-0.2, 0) is 18.0 Å². The Balaban J connectivity index is 1.47. The standard InChI is InChI=1S/C24H25F3N4O2/c1-15-19(14-30-31(15)22-6-4-17(13-29-22)24(25,26)27)20(33)11-16-3-5-21(28-12-16)23(2)9-7-18(32)8-10-23/h3-6,12-14,18,32H,7-11H2,1-2H3. The number of hydrogen-bond acceptors (Lipinski definition) is 5. The van der Waals surface area contributed by atoms with Gasteiger partial charge >= 0.3 is 6.18 Å². The molecule has 33 heavy (non-hydrogen) atoms. The number of Topliss-reactive ketones (excluding diaryl/α,β-unsaturated/α-hetero) is 1. The third-order valence-electron chi connectivity index (χ3n) is 6.47. The van der Waals surface area contributed by atoms with Gasteiger partial charge in [-0.2, -0.15) is 18.3 Å². The molecule has 0 spiro atoms. The summed E-state index contributed by atoms with van der Waals surface area (Å²) < 4.78 is 39.6. The van der Waals surface area contributed by atoms with E-state index in [-0.39, 0.29) is 29.5 Å². The number of ketones is 1. The van der Waals surface area contributed by atoms with E-state index in [4.69, 9.17) is 0 Å². The molecule has 1 aliphatic rings. The van der Waals surface area contributed by atoms with E-state index in [1.165, 1.54) is 16.9 Å². The molecule has 0 atom stereocenters. The number of aromatic nitrogens is 4. The first kappa shape index (κ1) is 23.1. The minimum Gasteiger partial charge on any atom is -0.393 e. The van der Waals surface area contributed by atoms with Crippen molar-refractivity contribution in [3.8, 4) is 5.82 Å². The molecule has 0 aliphatic heterocycles. The van der Waals surface area contributed by atoms with Crippen LogP contribution in [0.15, 0.2) is 42.9 Å². The summed E-state index contributed by atoms with van der Waals surface area (Å²) in [5.74, 6) is 0.0450. The van der Waals surface area contributed by atoms with Gasteiger partial charge in [0.25, 0.3) is 0 Å². The van der Waals surface area contributed by atoms with Gasteiger partial charge in [-0.05, 0) is 56.4 Å². The normalized spacial score (nSPS) is 21.2. The van der Waals surface area contributed by atoms with Gasteiger partial charge in [-0.15, -0.1) is 0 Å². The molecule has 0 unspecified atom stereocenters. The third kappa shape index (κ3) is 4.83. The van der Waals surface area contributed by atoms with Crippen LogP contribution in [0.25, 0.3) is 5.82 Å². The molecule has 6 nitrogen and oxygen atoms in total. The largest absolute Gasteiger partial charge is 0.417 e. The van der Waals surface area contributed by atoms with Gasteiger partial charge < -0.3 is 5.11 Å². The van der Waals surface area contributed by atoms with E-state index in [1.807, 2.05) is 12.1 Å². The monoisotopic (exact) mass is 458 g/mol. The predicted octanol–water partition coefficient (Wildman–Crippen LogP) is 4.61. The van der Waals surface area contributed by atoms with Crippen LogP contribution in [0.5, 0.6) is 0 Å². The van der Waals surface area contributed by atoms with Gasteiger partial charge in [0.15, 0.2) is 11.6 Å². The van der Waals surface area contributed by atoms with E-state index in [1.54, 1.807) is 13.1 Å². The number of hydrogen-bond donors (Lipinski definition) is 1. The zero-order chi connectivity index (χ0) is 23.8. The second kappa shape index (κ2) is 8.70. The van der Waals surface area contributed by atoms with Crippen molar-refractivity contribution in [2.24, 2.45) is 0 Å². The van der Waals surface area contributed by atoms with Gasteiger partial charge in [0.05, 0.1) is 29.1 Å². The molecule has 0 aromatic carbocycles. The minimum atomic E-state index is -4.47. The number of nitrogens with zero attached hydrogens (tertiary/aromatic N) is 4. The number of halogens is 3. The van der Waals surface area contributed by atoms with Crippen LogP contribution in [-0.4, -0.2) is 36.7 Å². The lowest BCUT2D eigenvalue weighted by molar-refractivity contribution is -0.137. The van der Waals surface area contributed by atoms with Gasteiger partial charge in [0.1, 0.15) is 0 Å². The van der Waals surface area contributed by atoms with Crippen molar-refractivity contribution >= 4 is 5.78 Å². The van der Waals surface area contributed by atoms with Gasteiger partial charge in [-0.3, -0.25) is 9.78 Å². The van der Waals surface area contributed by atoms with Crippen LogP contribution in [0.4, 0.5) is 13.2 Å². The van der Waals surface area contributed by atoms with E-state index in [0.717, 1.165) is 49.2 Å². The molecule has 1 N–H and O–H groups in total. The summed E-state index contributed by atoms with van der Waals surface area (Å²) in [6, 6.07) is 6.01. The highest BCUT2D eigenvalue weighted by atomic mass is 19.4. The zero-order valence-corrected chi connectivity index (χ0v) is 18.4. The highest BCUT2D eigenvalue weighted by molar-refractivity contribution is 5.98. The highest BCUT2D eigenvalue weighted by Gasteiger charge is 2.33. The fourth-order valence-electron chi connectivity index (χ4n) is 4.26. The topological polar surface area (TPSA) is 80.9 Å².